The van der Waals surface area contributed by atoms with Crippen LogP contribution in [0, 0.1) is 0 Å². The van der Waals surface area contributed by atoms with Crippen LogP contribution in [0.1, 0.15) is 11.4 Å². The summed E-state index contributed by atoms with van der Waals surface area (Å²) < 4.78 is 0. The van der Waals surface area contributed by atoms with Gasteiger partial charge in [0, 0.05) is 18.3 Å². The zero-order chi connectivity index (χ0) is 11.5. The van der Waals surface area contributed by atoms with Crippen LogP contribution >= 0.6 is 0 Å². The molecule has 0 radical (unpaired) electrons. The highest BCUT2D eigenvalue weighted by molar-refractivity contribution is 5.79. The van der Waals surface area contributed by atoms with Crippen molar-refractivity contribution in [1.29, 1.82) is 0 Å². The molecular weight excluding hydrogens is 214 g/mol. The minimum absolute atomic E-state index is 0.697. The number of rotatable bonds is 4. The first-order valence-corrected chi connectivity index (χ1v) is 5.53. The average molecular weight is 227 g/mol. The Morgan fingerprint density at radius 1 is 1.18 bits per heavy atom. The van der Waals surface area contributed by atoms with E-state index in [1.807, 2.05) is 6.20 Å². The van der Waals surface area contributed by atoms with Gasteiger partial charge in [0.25, 0.3) is 0 Å². The summed E-state index contributed by atoms with van der Waals surface area (Å²) in [6.07, 6.45) is 3.47. The van der Waals surface area contributed by atoms with Gasteiger partial charge in [-0.05, 0) is 23.1 Å². The van der Waals surface area contributed by atoms with E-state index in [1.54, 1.807) is 0 Å². The average Bonchev–Trinajstić information content (AvgIpc) is 2.98. The number of hydrogen-bond donors (Lipinski definition) is 3. The third-order valence-electron chi connectivity index (χ3n) is 2.71. The summed E-state index contributed by atoms with van der Waals surface area (Å²) in [5.41, 5.74) is 2.42. The molecule has 0 amide bonds. The maximum absolute atomic E-state index is 4.05. The lowest BCUT2D eigenvalue weighted by molar-refractivity contribution is 0.665. The number of benzene rings is 1. The summed E-state index contributed by atoms with van der Waals surface area (Å²) in [6.45, 7) is 1.51. The van der Waals surface area contributed by atoms with Crippen LogP contribution in [0.4, 0.5) is 0 Å². The van der Waals surface area contributed by atoms with Crippen LogP contribution in [0.15, 0.2) is 36.8 Å². The summed E-state index contributed by atoms with van der Waals surface area (Å²) in [6, 6.07) is 8.48. The van der Waals surface area contributed by atoms with Crippen LogP contribution in [0.3, 0.4) is 0 Å². The van der Waals surface area contributed by atoms with Gasteiger partial charge in [-0.25, -0.2) is 4.98 Å². The molecule has 0 atom stereocenters. The van der Waals surface area contributed by atoms with E-state index in [-0.39, 0.29) is 0 Å². The van der Waals surface area contributed by atoms with E-state index in [4.69, 9.17) is 0 Å². The number of nitrogens with zero attached hydrogens (tertiary/aromatic N) is 2. The van der Waals surface area contributed by atoms with Gasteiger partial charge in [-0.3, -0.25) is 5.10 Å². The second kappa shape index (κ2) is 4.39. The van der Waals surface area contributed by atoms with Gasteiger partial charge in [-0.2, -0.15) is 5.10 Å². The van der Waals surface area contributed by atoms with Crippen molar-refractivity contribution in [3.63, 3.8) is 0 Å². The molecule has 1 aromatic carbocycles. The molecule has 0 fully saturated rings. The van der Waals surface area contributed by atoms with E-state index < -0.39 is 0 Å². The van der Waals surface area contributed by atoms with Crippen molar-refractivity contribution in [3.8, 4) is 0 Å². The lowest BCUT2D eigenvalue weighted by Crippen LogP contribution is -2.13. The Balaban J connectivity index is 1.64. The van der Waals surface area contributed by atoms with Crippen molar-refractivity contribution >= 4 is 10.9 Å². The highest BCUT2D eigenvalue weighted by Crippen LogP contribution is 2.13. The first kappa shape index (κ1) is 10.0. The van der Waals surface area contributed by atoms with E-state index in [9.17, 15) is 0 Å². The molecule has 0 unspecified atom stereocenters. The van der Waals surface area contributed by atoms with Crippen LogP contribution in [0.25, 0.3) is 10.9 Å². The molecule has 5 nitrogen and oxygen atoms in total. The van der Waals surface area contributed by atoms with E-state index in [0.29, 0.717) is 6.54 Å². The van der Waals surface area contributed by atoms with E-state index in [0.717, 1.165) is 12.4 Å². The molecule has 5 heteroatoms. The molecule has 2 aromatic heterocycles. The van der Waals surface area contributed by atoms with Gasteiger partial charge in [0.05, 0.1) is 6.54 Å². The van der Waals surface area contributed by atoms with Crippen molar-refractivity contribution < 1.29 is 0 Å². The van der Waals surface area contributed by atoms with Gasteiger partial charge in [0.2, 0.25) is 0 Å². The lowest BCUT2D eigenvalue weighted by Gasteiger charge is -2.03. The molecule has 3 aromatic rings. The van der Waals surface area contributed by atoms with Crippen molar-refractivity contribution in [3.05, 3.63) is 48.2 Å². The number of fused-ring (bicyclic) bond motifs is 1. The number of hydrogen-bond acceptors (Lipinski definition) is 3. The maximum atomic E-state index is 4.05. The SMILES string of the molecule is c1n[nH]c(CNCc2ccc3cc[nH]c3c2)n1. The molecule has 0 saturated heterocycles. The molecular formula is C12H13N5. The largest absolute Gasteiger partial charge is 0.361 e. The van der Waals surface area contributed by atoms with Crippen LogP contribution in [0.2, 0.25) is 0 Å². The smallest absolute Gasteiger partial charge is 0.138 e. The quantitative estimate of drug-likeness (QED) is 0.633. The number of H-pyrrole nitrogens is 2. The molecule has 0 aliphatic carbocycles. The van der Waals surface area contributed by atoms with Crippen molar-refractivity contribution in [2.75, 3.05) is 0 Å². The van der Waals surface area contributed by atoms with Gasteiger partial charge >= 0.3 is 0 Å². The molecule has 3 N–H and O–H groups in total. The normalized spacial score (nSPS) is 11.1. The van der Waals surface area contributed by atoms with Gasteiger partial charge < -0.3 is 10.3 Å². The predicted octanol–water partition coefficient (Wildman–Crippen LogP) is 1.58. The fourth-order valence-electron chi connectivity index (χ4n) is 1.85. The van der Waals surface area contributed by atoms with Gasteiger partial charge in [-0.15, -0.1) is 0 Å². The topological polar surface area (TPSA) is 69.4 Å². The Kier molecular flexibility index (Phi) is 2.59. The van der Waals surface area contributed by atoms with Crippen molar-refractivity contribution in [1.82, 2.24) is 25.5 Å². The number of aromatic amines is 2. The van der Waals surface area contributed by atoms with E-state index in [1.165, 1.54) is 22.8 Å². The van der Waals surface area contributed by atoms with Crippen molar-refractivity contribution in [2.45, 2.75) is 13.1 Å². The van der Waals surface area contributed by atoms with E-state index >= 15 is 0 Å². The fraction of sp³-hybridized carbons (Fsp3) is 0.167. The zero-order valence-electron chi connectivity index (χ0n) is 9.27. The fourth-order valence-corrected chi connectivity index (χ4v) is 1.85. The standard InChI is InChI=1S/C12H13N5/c1-2-10-3-4-14-11(10)5-9(1)6-13-7-12-15-8-16-17-12/h1-5,8,13-14H,6-7H2,(H,15,16,17). The molecule has 3 rings (SSSR count). The van der Waals surface area contributed by atoms with Crippen LogP contribution < -0.4 is 5.32 Å². The van der Waals surface area contributed by atoms with Gasteiger partial charge in [0.15, 0.2) is 0 Å². The molecule has 2 heterocycles. The summed E-state index contributed by atoms with van der Waals surface area (Å²) in [5.74, 6) is 0.853. The van der Waals surface area contributed by atoms with Gasteiger partial charge in [-0.1, -0.05) is 12.1 Å². The second-order valence-electron chi connectivity index (χ2n) is 3.93. The Morgan fingerprint density at radius 3 is 3.06 bits per heavy atom. The molecule has 0 aliphatic heterocycles. The summed E-state index contributed by atoms with van der Waals surface area (Å²) in [7, 11) is 0. The van der Waals surface area contributed by atoms with Crippen LogP contribution in [-0.4, -0.2) is 20.2 Å². The first-order chi connectivity index (χ1) is 8.42. The third-order valence-corrected chi connectivity index (χ3v) is 2.71. The van der Waals surface area contributed by atoms with Crippen LogP contribution in [0.5, 0.6) is 0 Å². The Bertz CT molecular complexity index is 596. The molecule has 17 heavy (non-hydrogen) atoms. The monoisotopic (exact) mass is 227 g/mol. The highest BCUT2D eigenvalue weighted by Gasteiger charge is 1.98. The summed E-state index contributed by atoms with van der Waals surface area (Å²) in [4.78, 5) is 7.26. The minimum atomic E-state index is 0.697. The number of aromatic nitrogens is 4. The molecule has 0 saturated carbocycles. The molecule has 0 bridgehead atoms. The first-order valence-electron chi connectivity index (χ1n) is 5.53. The third kappa shape index (κ3) is 2.19. The van der Waals surface area contributed by atoms with Crippen molar-refractivity contribution in [2.24, 2.45) is 0 Å². The van der Waals surface area contributed by atoms with E-state index in [2.05, 4.69) is 49.7 Å². The highest BCUT2D eigenvalue weighted by atomic mass is 15.2. The van der Waals surface area contributed by atoms with Gasteiger partial charge in [0.1, 0.15) is 12.2 Å². The zero-order valence-corrected chi connectivity index (χ0v) is 9.27. The Morgan fingerprint density at radius 2 is 2.18 bits per heavy atom. The molecule has 0 aliphatic rings. The lowest BCUT2D eigenvalue weighted by atomic mass is 10.1. The molecule has 0 spiro atoms. The van der Waals surface area contributed by atoms with Crippen LogP contribution in [-0.2, 0) is 13.1 Å². The Hall–Kier alpha value is -2.14. The maximum Gasteiger partial charge on any atom is 0.138 e. The predicted molar refractivity (Wildman–Crippen MR) is 65.2 cm³/mol. The summed E-state index contributed by atoms with van der Waals surface area (Å²) in [5, 5.41) is 11.2. The number of nitrogens with one attached hydrogen (secondary N) is 3. The minimum Gasteiger partial charge on any atom is -0.361 e. The second-order valence-corrected chi connectivity index (χ2v) is 3.93. The summed E-state index contributed by atoms with van der Waals surface area (Å²) >= 11 is 0. The Labute approximate surface area is 98.3 Å². The molecule has 86 valence electrons.